The van der Waals surface area contributed by atoms with Gasteiger partial charge in [-0.25, -0.2) is 4.79 Å². The Bertz CT molecular complexity index is 661. The molecule has 0 fully saturated rings. The van der Waals surface area contributed by atoms with E-state index < -0.39 is 12.1 Å². The number of nitrogens with zero attached hydrogens (tertiary/aromatic N) is 2. The largest absolute Gasteiger partial charge is 0.463 e. The van der Waals surface area contributed by atoms with Crippen LogP contribution in [0.4, 0.5) is 0 Å². The van der Waals surface area contributed by atoms with E-state index in [9.17, 15) is 9.59 Å². The second kappa shape index (κ2) is 5.40. The molecular formula is C12H14N2O4S. The number of carbonyl (C=O) groups is 1. The van der Waals surface area contributed by atoms with Crippen LogP contribution in [0.1, 0.15) is 13.8 Å². The van der Waals surface area contributed by atoms with Gasteiger partial charge in [0.05, 0.1) is 12.1 Å². The molecule has 0 saturated heterocycles. The molecule has 6 nitrogen and oxygen atoms in total. The molecule has 0 bridgehead atoms. The van der Waals surface area contributed by atoms with E-state index in [4.69, 9.17) is 9.47 Å². The Morgan fingerprint density at radius 1 is 1.58 bits per heavy atom. The number of rotatable bonds is 4. The summed E-state index contributed by atoms with van der Waals surface area (Å²) in [6.45, 7) is 3.56. The number of aromatic nitrogens is 2. The smallest absolute Gasteiger partial charge is 0.347 e. The molecule has 19 heavy (non-hydrogen) atoms. The van der Waals surface area contributed by atoms with Gasteiger partial charge in [-0.3, -0.25) is 9.36 Å². The van der Waals surface area contributed by atoms with E-state index in [2.05, 4.69) is 4.98 Å². The summed E-state index contributed by atoms with van der Waals surface area (Å²) in [5.74, 6) is -0.484. The number of ether oxygens (including phenoxy) is 2. The van der Waals surface area contributed by atoms with Gasteiger partial charge in [-0.15, -0.1) is 11.3 Å². The molecule has 2 heterocycles. The van der Waals surface area contributed by atoms with Gasteiger partial charge in [0, 0.05) is 7.05 Å². The molecule has 0 aromatic carbocycles. The number of carbonyl (C=O) groups excluding carboxylic acids is 1. The molecule has 7 heteroatoms. The van der Waals surface area contributed by atoms with E-state index in [1.54, 1.807) is 32.3 Å². The van der Waals surface area contributed by atoms with Crippen LogP contribution in [-0.2, 0) is 16.6 Å². The lowest BCUT2D eigenvalue weighted by atomic mass is 10.4. The summed E-state index contributed by atoms with van der Waals surface area (Å²) in [5, 5.41) is 1.79. The van der Waals surface area contributed by atoms with Crippen LogP contribution in [0.25, 0.3) is 10.2 Å². The fourth-order valence-electron chi connectivity index (χ4n) is 1.54. The number of hydrogen-bond acceptors (Lipinski definition) is 6. The predicted molar refractivity (Wildman–Crippen MR) is 71.6 cm³/mol. The molecule has 0 aliphatic heterocycles. The Morgan fingerprint density at radius 2 is 2.32 bits per heavy atom. The highest BCUT2D eigenvalue weighted by atomic mass is 32.1. The Balaban J connectivity index is 2.32. The van der Waals surface area contributed by atoms with Crippen LogP contribution in [-0.4, -0.2) is 28.2 Å². The first kappa shape index (κ1) is 13.5. The molecule has 102 valence electrons. The topological polar surface area (TPSA) is 70.4 Å². The third-order valence-corrected chi connectivity index (χ3v) is 3.44. The molecule has 0 spiro atoms. The van der Waals surface area contributed by atoms with Crippen LogP contribution >= 0.6 is 11.3 Å². The van der Waals surface area contributed by atoms with Crippen molar-refractivity contribution in [2.75, 3.05) is 6.61 Å². The molecule has 1 atom stereocenters. The highest BCUT2D eigenvalue weighted by molar-refractivity contribution is 7.17. The third kappa shape index (κ3) is 2.60. The summed E-state index contributed by atoms with van der Waals surface area (Å²) in [5.41, 5.74) is 0.380. The Hall–Kier alpha value is -1.89. The quantitative estimate of drug-likeness (QED) is 0.791. The maximum Gasteiger partial charge on any atom is 0.347 e. The molecule has 0 radical (unpaired) electrons. The predicted octanol–water partition coefficient (Wildman–Crippen LogP) is 1.33. The normalized spacial score (nSPS) is 12.4. The molecule has 2 aromatic heterocycles. The molecule has 0 aliphatic carbocycles. The van der Waals surface area contributed by atoms with Crippen LogP contribution in [0, 0.1) is 0 Å². The second-order valence-corrected chi connectivity index (χ2v) is 4.82. The fourth-order valence-corrected chi connectivity index (χ4v) is 2.34. The maximum atomic E-state index is 12.0. The van der Waals surface area contributed by atoms with E-state index >= 15 is 0 Å². The summed E-state index contributed by atoms with van der Waals surface area (Å²) in [7, 11) is 1.56. The number of thiophene rings is 1. The first-order chi connectivity index (χ1) is 9.04. The summed E-state index contributed by atoms with van der Waals surface area (Å²) in [6.07, 6.45) is -0.811. The minimum Gasteiger partial charge on any atom is -0.463 e. The van der Waals surface area contributed by atoms with Gasteiger partial charge in [-0.05, 0) is 25.3 Å². The van der Waals surface area contributed by atoms with Crippen LogP contribution in [0.15, 0.2) is 16.2 Å². The van der Waals surface area contributed by atoms with Crippen molar-refractivity contribution in [2.24, 2.45) is 7.05 Å². The van der Waals surface area contributed by atoms with Crippen molar-refractivity contribution >= 4 is 27.5 Å². The third-order valence-electron chi connectivity index (χ3n) is 2.55. The maximum absolute atomic E-state index is 12.0. The lowest BCUT2D eigenvalue weighted by Crippen LogP contribution is -2.29. The van der Waals surface area contributed by atoms with Gasteiger partial charge in [-0.1, -0.05) is 0 Å². The van der Waals surface area contributed by atoms with Crippen LogP contribution in [0.3, 0.4) is 0 Å². The van der Waals surface area contributed by atoms with Crippen molar-refractivity contribution in [1.82, 2.24) is 9.55 Å². The lowest BCUT2D eigenvalue weighted by molar-refractivity contribution is -0.150. The minimum absolute atomic E-state index is 0.108. The average molecular weight is 282 g/mol. The van der Waals surface area contributed by atoms with Crippen LogP contribution < -0.4 is 10.3 Å². The molecule has 2 aromatic rings. The molecule has 0 amide bonds. The van der Waals surface area contributed by atoms with Gasteiger partial charge in [-0.2, -0.15) is 4.98 Å². The van der Waals surface area contributed by atoms with Crippen LogP contribution in [0.2, 0.25) is 0 Å². The summed E-state index contributed by atoms with van der Waals surface area (Å²) < 4.78 is 12.1. The fraction of sp³-hybridized carbons (Fsp3) is 0.417. The average Bonchev–Trinajstić information content (AvgIpc) is 2.84. The molecule has 2 rings (SSSR count). The van der Waals surface area contributed by atoms with Gasteiger partial charge in [0.15, 0.2) is 6.10 Å². The second-order valence-electron chi connectivity index (χ2n) is 3.91. The highest BCUT2D eigenvalue weighted by Gasteiger charge is 2.19. The van der Waals surface area contributed by atoms with Crippen molar-refractivity contribution in [3.8, 4) is 6.01 Å². The van der Waals surface area contributed by atoms with Gasteiger partial charge in [0.2, 0.25) is 0 Å². The van der Waals surface area contributed by atoms with Gasteiger partial charge in [0.25, 0.3) is 11.6 Å². The number of fused-ring (bicyclic) bond motifs is 1. The Labute approximate surface area is 113 Å². The van der Waals surface area contributed by atoms with E-state index in [1.165, 1.54) is 15.9 Å². The summed E-state index contributed by atoms with van der Waals surface area (Å²) >= 11 is 1.33. The monoisotopic (exact) mass is 282 g/mol. The van der Waals surface area contributed by atoms with Gasteiger partial charge in [0.1, 0.15) is 4.70 Å². The molecule has 0 saturated carbocycles. The zero-order valence-electron chi connectivity index (χ0n) is 10.9. The first-order valence-electron chi connectivity index (χ1n) is 5.82. The Morgan fingerprint density at radius 3 is 3.00 bits per heavy atom. The van der Waals surface area contributed by atoms with E-state index in [0.29, 0.717) is 10.2 Å². The minimum atomic E-state index is -0.811. The van der Waals surface area contributed by atoms with Crippen LogP contribution in [0.5, 0.6) is 6.01 Å². The van der Waals surface area contributed by atoms with E-state index in [-0.39, 0.29) is 18.2 Å². The highest BCUT2D eigenvalue weighted by Crippen LogP contribution is 2.18. The van der Waals surface area contributed by atoms with E-state index in [1.807, 2.05) is 0 Å². The number of hydrogen-bond donors (Lipinski definition) is 0. The summed E-state index contributed by atoms with van der Waals surface area (Å²) in [6, 6.07) is 1.85. The zero-order valence-corrected chi connectivity index (χ0v) is 11.7. The van der Waals surface area contributed by atoms with Gasteiger partial charge < -0.3 is 9.47 Å². The number of esters is 1. The standard InChI is InChI=1S/C12H14N2O4S/c1-4-17-11(16)7(2)18-12-13-8-5-6-19-9(8)10(15)14(12)3/h5-7H,4H2,1-3H3. The zero-order chi connectivity index (χ0) is 14.0. The van der Waals surface area contributed by atoms with Crippen molar-refractivity contribution in [3.05, 3.63) is 21.8 Å². The Kier molecular flexibility index (Phi) is 3.84. The van der Waals surface area contributed by atoms with Crippen molar-refractivity contribution in [2.45, 2.75) is 20.0 Å². The molecular weight excluding hydrogens is 268 g/mol. The van der Waals surface area contributed by atoms with Crippen molar-refractivity contribution in [1.29, 1.82) is 0 Å². The summed E-state index contributed by atoms with van der Waals surface area (Å²) in [4.78, 5) is 27.7. The van der Waals surface area contributed by atoms with Crippen molar-refractivity contribution in [3.63, 3.8) is 0 Å². The SMILES string of the molecule is CCOC(=O)C(C)Oc1nc2ccsc2c(=O)n1C. The lowest BCUT2D eigenvalue weighted by Gasteiger charge is -2.14. The molecule has 0 N–H and O–H groups in total. The molecule has 1 unspecified atom stereocenters. The first-order valence-corrected chi connectivity index (χ1v) is 6.70. The van der Waals surface area contributed by atoms with Crippen molar-refractivity contribution < 1.29 is 14.3 Å². The molecule has 0 aliphatic rings. The van der Waals surface area contributed by atoms with E-state index in [0.717, 1.165) is 0 Å². The van der Waals surface area contributed by atoms with Gasteiger partial charge >= 0.3 is 5.97 Å².